The summed E-state index contributed by atoms with van der Waals surface area (Å²) in [5.41, 5.74) is 12.9. The van der Waals surface area contributed by atoms with Crippen LogP contribution in [0.5, 0.6) is 0 Å². The number of hydrogen-bond donors (Lipinski definition) is 0. The molecule has 360 valence electrons. The molecule has 13 aromatic carbocycles. The average molecular weight is 973 g/mol. The molecule has 0 saturated carbocycles. The molecule has 0 unspecified atom stereocenters. The number of hydrogen-bond acceptors (Lipinski definition) is 4. The van der Waals surface area contributed by atoms with E-state index in [0.717, 1.165) is 111 Å². The van der Waals surface area contributed by atoms with Crippen LogP contribution in [0.25, 0.3) is 43.1 Å². The highest BCUT2D eigenvalue weighted by molar-refractivity contribution is 6.20. The molecule has 0 spiro atoms. The summed E-state index contributed by atoms with van der Waals surface area (Å²) in [4.78, 5) is 9.54. The maximum Gasteiger partial charge on any atom is 0.0540 e. The third kappa shape index (κ3) is 8.74. The van der Waals surface area contributed by atoms with E-state index in [2.05, 4.69) is 335 Å². The van der Waals surface area contributed by atoms with Gasteiger partial charge in [0.05, 0.1) is 11.4 Å². The van der Waals surface area contributed by atoms with Gasteiger partial charge in [-0.1, -0.05) is 170 Å². The zero-order valence-corrected chi connectivity index (χ0v) is 41.8. The minimum Gasteiger partial charge on any atom is -0.310 e. The summed E-state index contributed by atoms with van der Waals surface area (Å²) in [5.74, 6) is 0. The Bertz CT molecular complexity index is 3710. The molecule has 0 aliphatic carbocycles. The van der Waals surface area contributed by atoms with Gasteiger partial charge in [-0.2, -0.15) is 0 Å². The number of para-hydroxylation sites is 8. The summed E-state index contributed by atoms with van der Waals surface area (Å²) in [6.07, 6.45) is 0. The monoisotopic (exact) mass is 972 g/mol. The molecule has 0 aromatic heterocycles. The molecule has 4 nitrogen and oxygen atoms in total. The van der Waals surface area contributed by atoms with E-state index in [1.54, 1.807) is 0 Å². The first kappa shape index (κ1) is 45.7. The minimum absolute atomic E-state index is 1.05. The number of nitrogens with zero attached hydrogens (tertiary/aromatic N) is 4. The van der Waals surface area contributed by atoms with Gasteiger partial charge in [-0.05, 0) is 178 Å². The van der Waals surface area contributed by atoms with E-state index in [-0.39, 0.29) is 0 Å². The minimum atomic E-state index is 1.05. The standard InChI is InChI=1S/C72H52N4/c1-9-25-55(26-10-1)73(56-27-11-2-12-28-56)63-43-45-65-53-41-48-72(76(61-37-21-7-22-38-61)62-39-23-8-24-40-62)70(50-53)68-52-64(74(57-29-13-3-14-30-57)58-31-15-4-16-32-58)44-46-66(68)54-42-47-71(69(49-54)67(65)51-63)75(59-33-17-5-18-34-59)60-35-19-6-20-36-60/h1-52H. The van der Waals surface area contributed by atoms with Gasteiger partial charge < -0.3 is 19.6 Å². The van der Waals surface area contributed by atoms with Crippen molar-refractivity contribution >= 4 is 111 Å². The molecule has 0 atom stereocenters. The molecule has 76 heavy (non-hydrogen) atoms. The predicted octanol–water partition coefficient (Wildman–Crippen LogP) is 20.7. The first-order valence-corrected chi connectivity index (χ1v) is 25.9. The van der Waals surface area contributed by atoms with Crippen LogP contribution in [0.1, 0.15) is 0 Å². The summed E-state index contributed by atoms with van der Waals surface area (Å²) < 4.78 is 0. The number of benzene rings is 12. The van der Waals surface area contributed by atoms with Gasteiger partial charge >= 0.3 is 0 Å². The molecule has 13 rings (SSSR count). The van der Waals surface area contributed by atoms with Gasteiger partial charge in [0.25, 0.3) is 0 Å². The maximum atomic E-state index is 2.44. The van der Waals surface area contributed by atoms with Gasteiger partial charge in [-0.25, -0.2) is 0 Å². The van der Waals surface area contributed by atoms with Crippen molar-refractivity contribution in [2.24, 2.45) is 0 Å². The summed E-state index contributed by atoms with van der Waals surface area (Å²) >= 11 is 0. The van der Waals surface area contributed by atoms with E-state index in [9.17, 15) is 0 Å². The summed E-state index contributed by atoms with van der Waals surface area (Å²) in [6, 6.07) is 114. The van der Waals surface area contributed by atoms with Gasteiger partial charge in [0, 0.05) is 67.6 Å². The van der Waals surface area contributed by atoms with Crippen LogP contribution in [0.3, 0.4) is 0 Å². The topological polar surface area (TPSA) is 13.0 Å². The molecule has 4 heteroatoms. The van der Waals surface area contributed by atoms with Crippen LogP contribution in [0.2, 0.25) is 0 Å². The number of rotatable bonds is 12. The molecule has 0 aliphatic rings. The highest BCUT2D eigenvalue weighted by atomic mass is 15.2. The molecule has 0 aliphatic heterocycles. The molecule has 0 radical (unpaired) electrons. The van der Waals surface area contributed by atoms with Crippen molar-refractivity contribution in [2.45, 2.75) is 0 Å². The molecule has 13 aromatic rings. The lowest BCUT2D eigenvalue weighted by Crippen LogP contribution is -2.11. The van der Waals surface area contributed by atoms with Gasteiger partial charge in [0.1, 0.15) is 0 Å². The zero-order valence-electron chi connectivity index (χ0n) is 41.8. The Morgan fingerprint density at radius 2 is 0.382 bits per heavy atom. The second-order valence-corrected chi connectivity index (χ2v) is 18.9. The Morgan fingerprint density at radius 1 is 0.145 bits per heavy atom. The van der Waals surface area contributed by atoms with E-state index in [0.29, 0.717) is 0 Å². The molecule has 0 fully saturated rings. The Labute approximate surface area is 444 Å². The molecule has 0 N–H and O–H groups in total. The van der Waals surface area contributed by atoms with Crippen LogP contribution in [0.4, 0.5) is 68.2 Å². The predicted molar refractivity (Wildman–Crippen MR) is 324 cm³/mol. The maximum absolute atomic E-state index is 2.44. The molecule has 0 saturated heterocycles. The van der Waals surface area contributed by atoms with E-state index in [1.165, 1.54) is 0 Å². The fourth-order valence-corrected chi connectivity index (χ4v) is 10.9. The van der Waals surface area contributed by atoms with Crippen LogP contribution in [0, 0.1) is 0 Å². The van der Waals surface area contributed by atoms with Crippen LogP contribution in [0.15, 0.2) is 315 Å². The molecular formula is C72H52N4. The lowest BCUT2D eigenvalue weighted by atomic mass is 9.95. The third-order valence-corrected chi connectivity index (χ3v) is 14.3. The van der Waals surface area contributed by atoms with Crippen LogP contribution >= 0.6 is 0 Å². The average Bonchev–Trinajstić information content (AvgIpc) is 3.51. The Morgan fingerprint density at radius 3 is 0.632 bits per heavy atom. The lowest BCUT2D eigenvalue weighted by molar-refractivity contribution is 1.29. The molecular weight excluding hydrogens is 921 g/mol. The van der Waals surface area contributed by atoms with Crippen molar-refractivity contribution in [2.75, 3.05) is 19.6 Å². The Balaban J connectivity index is 1.20. The van der Waals surface area contributed by atoms with E-state index >= 15 is 0 Å². The molecule has 0 heterocycles. The molecule has 4 bridgehead atoms. The van der Waals surface area contributed by atoms with Crippen LogP contribution in [-0.2, 0) is 0 Å². The third-order valence-electron chi connectivity index (χ3n) is 14.3. The number of fused-ring (bicyclic) bond motifs is 10. The number of anilines is 12. The molecule has 0 amide bonds. The van der Waals surface area contributed by atoms with Crippen molar-refractivity contribution in [1.82, 2.24) is 0 Å². The van der Waals surface area contributed by atoms with Crippen molar-refractivity contribution in [3.05, 3.63) is 315 Å². The zero-order chi connectivity index (χ0) is 50.6. The SMILES string of the molecule is c1ccc(N(c2ccccc2)c2ccc3c4ccc(N(c5ccccc5)c5ccccc5)c(c4)c4cc(N(c5ccccc5)c5ccccc5)ccc4c4ccc(N(c5ccccc5)c5ccccc5)c(c4)c3c2)cc1. The quantitative estimate of drug-likeness (QED) is 0.121. The summed E-state index contributed by atoms with van der Waals surface area (Å²) in [5, 5.41) is 8.91. The second kappa shape index (κ2) is 20.4. The van der Waals surface area contributed by atoms with Gasteiger partial charge in [-0.3, -0.25) is 0 Å². The van der Waals surface area contributed by atoms with E-state index in [1.807, 2.05) is 0 Å². The largest absolute Gasteiger partial charge is 0.310 e. The van der Waals surface area contributed by atoms with E-state index < -0.39 is 0 Å². The Kier molecular flexibility index (Phi) is 12.3. The van der Waals surface area contributed by atoms with Crippen LogP contribution in [-0.4, -0.2) is 0 Å². The van der Waals surface area contributed by atoms with Gasteiger partial charge in [-0.15, -0.1) is 0 Å². The highest BCUT2D eigenvalue weighted by Crippen LogP contribution is 2.47. The summed E-state index contributed by atoms with van der Waals surface area (Å²) in [7, 11) is 0. The summed E-state index contributed by atoms with van der Waals surface area (Å²) in [6.45, 7) is 0. The smallest absolute Gasteiger partial charge is 0.0540 e. The lowest BCUT2D eigenvalue weighted by Gasteiger charge is -2.29. The van der Waals surface area contributed by atoms with Crippen LogP contribution < -0.4 is 19.6 Å². The fraction of sp³-hybridized carbons (Fsp3) is 0. The Hall–Kier alpha value is -10.2. The van der Waals surface area contributed by atoms with Crippen molar-refractivity contribution in [3.63, 3.8) is 0 Å². The van der Waals surface area contributed by atoms with Gasteiger partial charge in [0.2, 0.25) is 0 Å². The van der Waals surface area contributed by atoms with Crippen molar-refractivity contribution in [3.8, 4) is 0 Å². The van der Waals surface area contributed by atoms with Crippen molar-refractivity contribution < 1.29 is 0 Å². The van der Waals surface area contributed by atoms with E-state index in [4.69, 9.17) is 0 Å². The van der Waals surface area contributed by atoms with Gasteiger partial charge in [0.15, 0.2) is 0 Å². The first-order valence-electron chi connectivity index (χ1n) is 25.9. The first-order chi connectivity index (χ1) is 37.7. The fourth-order valence-electron chi connectivity index (χ4n) is 10.9. The normalized spacial score (nSPS) is 11.2. The highest BCUT2D eigenvalue weighted by Gasteiger charge is 2.22. The van der Waals surface area contributed by atoms with Crippen molar-refractivity contribution in [1.29, 1.82) is 0 Å². The second-order valence-electron chi connectivity index (χ2n) is 18.9.